The first-order valence-corrected chi connectivity index (χ1v) is 8.74. The van der Waals surface area contributed by atoms with Gasteiger partial charge in [-0.05, 0) is 43.5 Å². The fourth-order valence-corrected chi connectivity index (χ4v) is 3.10. The summed E-state index contributed by atoms with van der Waals surface area (Å²) in [6.45, 7) is 7.83. The fraction of sp³-hybridized carbons (Fsp3) is 0.533. The number of benzene rings is 1. The van der Waals surface area contributed by atoms with Gasteiger partial charge in [-0.25, -0.2) is 13.1 Å². The fourth-order valence-electron chi connectivity index (χ4n) is 2.02. The number of rotatable bonds is 7. The molecule has 21 heavy (non-hydrogen) atoms. The van der Waals surface area contributed by atoms with Gasteiger partial charge in [0.2, 0.25) is 15.9 Å². The predicted octanol–water partition coefficient (Wildman–Crippen LogP) is 1.99. The van der Waals surface area contributed by atoms with Gasteiger partial charge in [0, 0.05) is 25.7 Å². The zero-order valence-corrected chi connectivity index (χ0v) is 14.0. The van der Waals surface area contributed by atoms with Gasteiger partial charge in [-0.2, -0.15) is 0 Å². The molecule has 0 fully saturated rings. The average Bonchev–Trinajstić information content (AvgIpc) is 2.37. The largest absolute Gasteiger partial charge is 0.311 e. The van der Waals surface area contributed by atoms with Gasteiger partial charge >= 0.3 is 0 Å². The average molecular weight is 312 g/mol. The third kappa shape index (κ3) is 5.47. The molecule has 0 spiro atoms. The van der Waals surface area contributed by atoms with E-state index in [1.54, 1.807) is 4.90 Å². The van der Waals surface area contributed by atoms with Crippen molar-refractivity contribution in [2.75, 3.05) is 23.7 Å². The SMILES string of the molecule is CCCS(=O)(=O)NCCN(C(C)=O)c1ccc(C)c(C)c1. The van der Waals surface area contributed by atoms with Crippen LogP contribution in [-0.4, -0.2) is 33.2 Å². The molecule has 1 aromatic carbocycles. The lowest BCUT2D eigenvalue weighted by Crippen LogP contribution is -2.38. The number of carbonyl (C=O) groups is 1. The van der Waals surface area contributed by atoms with Crippen molar-refractivity contribution in [1.82, 2.24) is 4.72 Å². The quantitative estimate of drug-likeness (QED) is 0.837. The second kappa shape index (κ2) is 7.56. The molecule has 0 unspecified atom stereocenters. The van der Waals surface area contributed by atoms with E-state index in [2.05, 4.69) is 4.72 Å². The van der Waals surface area contributed by atoms with Gasteiger partial charge in [-0.15, -0.1) is 0 Å². The molecule has 5 nitrogen and oxygen atoms in total. The summed E-state index contributed by atoms with van der Waals surface area (Å²) in [6.07, 6.45) is 0.572. The molecular formula is C15H24N2O3S. The number of carbonyl (C=O) groups excluding carboxylic acids is 1. The smallest absolute Gasteiger partial charge is 0.223 e. The number of hydrogen-bond acceptors (Lipinski definition) is 3. The lowest BCUT2D eigenvalue weighted by Gasteiger charge is -2.22. The maximum absolute atomic E-state index is 11.8. The first-order valence-electron chi connectivity index (χ1n) is 7.09. The van der Waals surface area contributed by atoms with Gasteiger partial charge in [0.25, 0.3) is 0 Å². The molecule has 118 valence electrons. The number of nitrogens with zero attached hydrogens (tertiary/aromatic N) is 1. The maximum Gasteiger partial charge on any atom is 0.223 e. The number of amides is 1. The Kier molecular flexibility index (Phi) is 6.36. The molecule has 0 aliphatic rings. The van der Waals surface area contributed by atoms with Crippen molar-refractivity contribution in [3.63, 3.8) is 0 Å². The van der Waals surface area contributed by atoms with Crippen molar-refractivity contribution in [2.45, 2.75) is 34.1 Å². The molecule has 0 aromatic heterocycles. The van der Waals surface area contributed by atoms with E-state index < -0.39 is 10.0 Å². The molecule has 0 saturated carbocycles. The summed E-state index contributed by atoms with van der Waals surface area (Å²) >= 11 is 0. The van der Waals surface area contributed by atoms with Crippen molar-refractivity contribution >= 4 is 21.6 Å². The Bertz CT molecular complexity index is 597. The monoisotopic (exact) mass is 312 g/mol. The Morgan fingerprint density at radius 3 is 2.43 bits per heavy atom. The van der Waals surface area contributed by atoms with E-state index in [1.165, 1.54) is 6.92 Å². The second-order valence-electron chi connectivity index (χ2n) is 5.15. The highest BCUT2D eigenvalue weighted by molar-refractivity contribution is 7.89. The minimum absolute atomic E-state index is 0.104. The Labute approximate surface area is 127 Å². The topological polar surface area (TPSA) is 66.5 Å². The number of aryl methyl sites for hydroxylation is 2. The number of sulfonamides is 1. The molecule has 0 radical (unpaired) electrons. The van der Waals surface area contributed by atoms with Crippen LogP contribution < -0.4 is 9.62 Å². The summed E-state index contributed by atoms with van der Waals surface area (Å²) in [4.78, 5) is 13.4. The molecule has 0 bridgehead atoms. The molecule has 0 atom stereocenters. The molecule has 1 aromatic rings. The van der Waals surface area contributed by atoms with Gasteiger partial charge in [0.15, 0.2) is 0 Å². The summed E-state index contributed by atoms with van der Waals surface area (Å²) in [7, 11) is -3.24. The molecule has 1 N–H and O–H groups in total. The van der Waals surface area contributed by atoms with Gasteiger partial charge in [0.1, 0.15) is 0 Å². The Morgan fingerprint density at radius 1 is 1.24 bits per heavy atom. The van der Waals surface area contributed by atoms with E-state index in [-0.39, 0.29) is 18.2 Å². The van der Waals surface area contributed by atoms with Crippen LogP contribution in [0.1, 0.15) is 31.4 Å². The summed E-state index contributed by atoms with van der Waals surface area (Å²) < 4.78 is 25.7. The van der Waals surface area contributed by atoms with E-state index in [0.717, 1.165) is 16.8 Å². The summed E-state index contributed by atoms with van der Waals surface area (Å²) in [6, 6.07) is 5.78. The van der Waals surface area contributed by atoms with E-state index in [1.807, 2.05) is 39.0 Å². The standard InChI is InChI=1S/C15H24N2O3S/c1-5-10-21(19,20)16-8-9-17(14(4)18)15-7-6-12(2)13(3)11-15/h6-7,11,16H,5,8-10H2,1-4H3. The first kappa shape index (κ1) is 17.7. The molecule has 0 heterocycles. The van der Waals surface area contributed by atoms with Crippen LogP contribution in [0.4, 0.5) is 5.69 Å². The lowest BCUT2D eigenvalue weighted by atomic mass is 10.1. The van der Waals surface area contributed by atoms with Crippen LogP contribution in [0.3, 0.4) is 0 Å². The van der Waals surface area contributed by atoms with Gasteiger partial charge in [0.05, 0.1) is 5.75 Å². The van der Waals surface area contributed by atoms with Crippen molar-refractivity contribution in [3.05, 3.63) is 29.3 Å². The van der Waals surface area contributed by atoms with Crippen molar-refractivity contribution in [1.29, 1.82) is 0 Å². The Morgan fingerprint density at radius 2 is 1.90 bits per heavy atom. The third-order valence-electron chi connectivity index (χ3n) is 3.31. The van der Waals surface area contributed by atoms with Crippen LogP contribution in [0.5, 0.6) is 0 Å². The first-order chi connectivity index (χ1) is 9.76. The van der Waals surface area contributed by atoms with E-state index in [0.29, 0.717) is 13.0 Å². The van der Waals surface area contributed by atoms with Gasteiger partial charge in [-0.1, -0.05) is 13.0 Å². The number of hydrogen-bond donors (Lipinski definition) is 1. The molecule has 6 heteroatoms. The predicted molar refractivity (Wildman–Crippen MR) is 86.0 cm³/mol. The zero-order chi connectivity index (χ0) is 16.0. The highest BCUT2D eigenvalue weighted by Crippen LogP contribution is 2.18. The van der Waals surface area contributed by atoms with Crippen molar-refractivity contribution in [3.8, 4) is 0 Å². The molecule has 0 saturated heterocycles. The van der Waals surface area contributed by atoms with Gasteiger partial charge < -0.3 is 4.90 Å². The highest BCUT2D eigenvalue weighted by Gasteiger charge is 2.14. The zero-order valence-electron chi connectivity index (χ0n) is 13.1. The number of anilines is 1. The summed E-state index contributed by atoms with van der Waals surface area (Å²) in [5, 5.41) is 0. The minimum Gasteiger partial charge on any atom is -0.311 e. The van der Waals surface area contributed by atoms with Crippen molar-refractivity contribution in [2.24, 2.45) is 0 Å². The van der Waals surface area contributed by atoms with Crippen LogP contribution in [-0.2, 0) is 14.8 Å². The summed E-state index contributed by atoms with van der Waals surface area (Å²) in [5.74, 6) is 0.00409. The van der Waals surface area contributed by atoms with Crippen LogP contribution in [0, 0.1) is 13.8 Å². The van der Waals surface area contributed by atoms with Crippen molar-refractivity contribution < 1.29 is 13.2 Å². The number of nitrogens with one attached hydrogen (secondary N) is 1. The normalized spacial score (nSPS) is 11.4. The Balaban J connectivity index is 2.75. The third-order valence-corrected chi connectivity index (χ3v) is 4.90. The van der Waals surface area contributed by atoms with E-state index in [9.17, 15) is 13.2 Å². The van der Waals surface area contributed by atoms with Crippen LogP contribution >= 0.6 is 0 Å². The molecule has 0 aliphatic heterocycles. The van der Waals surface area contributed by atoms with Crippen LogP contribution in [0.2, 0.25) is 0 Å². The molecular weight excluding hydrogens is 288 g/mol. The van der Waals surface area contributed by atoms with E-state index in [4.69, 9.17) is 0 Å². The summed E-state index contributed by atoms with van der Waals surface area (Å²) in [5.41, 5.74) is 3.05. The lowest BCUT2D eigenvalue weighted by molar-refractivity contribution is -0.116. The minimum atomic E-state index is -3.24. The second-order valence-corrected chi connectivity index (χ2v) is 7.08. The maximum atomic E-state index is 11.8. The highest BCUT2D eigenvalue weighted by atomic mass is 32.2. The van der Waals surface area contributed by atoms with Crippen LogP contribution in [0.15, 0.2) is 18.2 Å². The van der Waals surface area contributed by atoms with Crippen LogP contribution in [0.25, 0.3) is 0 Å². The van der Waals surface area contributed by atoms with E-state index >= 15 is 0 Å². The molecule has 0 aliphatic carbocycles. The Hall–Kier alpha value is -1.40. The molecule has 1 amide bonds. The van der Waals surface area contributed by atoms with Gasteiger partial charge in [-0.3, -0.25) is 4.79 Å². The molecule has 1 rings (SSSR count).